The number of halogens is 1. The molecule has 3 amide bonds. The molecule has 3 saturated heterocycles. The van der Waals surface area contributed by atoms with Crippen LogP contribution in [0, 0.1) is 11.8 Å². The summed E-state index contributed by atoms with van der Waals surface area (Å²) in [6.07, 6.45) is 1.71. The summed E-state index contributed by atoms with van der Waals surface area (Å²) in [5, 5.41) is 4.85. The molecule has 3 aromatic carbocycles. The Kier molecular flexibility index (Phi) is 3.84. The number of fused-ring (bicyclic) bond motifs is 8. The van der Waals surface area contributed by atoms with E-state index in [4.69, 9.17) is 0 Å². The number of nitrogens with one attached hydrogen (secondary N) is 1. The highest BCUT2D eigenvalue weighted by atomic mass is 79.9. The predicted octanol–water partition coefficient (Wildman–Crippen LogP) is 4.03. The van der Waals surface area contributed by atoms with Gasteiger partial charge in [-0.05, 0) is 49.0 Å². The van der Waals surface area contributed by atoms with Crippen molar-refractivity contribution < 1.29 is 14.4 Å². The summed E-state index contributed by atoms with van der Waals surface area (Å²) >= 11 is 3.54. The van der Waals surface area contributed by atoms with E-state index >= 15 is 0 Å². The van der Waals surface area contributed by atoms with E-state index in [1.807, 2.05) is 60.7 Å². The van der Waals surface area contributed by atoms with Crippen molar-refractivity contribution in [3.63, 3.8) is 0 Å². The van der Waals surface area contributed by atoms with E-state index in [1.54, 1.807) is 0 Å². The molecule has 7 heteroatoms. The van der Waals surface area contributed by atoms with E-state index in [2.05, 4.69) is 26.1 Å². The quantitative estimate of drug-likeness (QED) is 0.511. The van der Waals surface area contributed by atoms with Crippen molar-refractivity contribution in [2.75, 3.05) is 16.8 Å². The maximum Gasteiger partial charge on any atom is 0.250 e. The minimum absolute atomic E-state index is 0.123. The van der Waals surface area contributed by atoms with Crippen LogP contribution in [0.4, 0.5) is 11.4 Å². The van der Waals surface area contributed by atoms with Crippen LogP contribution < -0.4 is 10.2 Å². The number of rotatable bonds is 1. The van der Waals surface area contributed by atoms with Gasteiger partial charge in [0.15, 0.2) is 0 Å². The van der Waals surface area contributed by atoms with E-state index in [1.165, 1.54) is 4.90 Å². The zero-order chi connectivity index (χ0) is 22.5. The Hall–Kier alpha value is -3.03. The molecule has 0 radical (unpaired) electrons. The molecule has 0 unspecified atom stereocenters. The fraction of sp³-hybridized carbons (Fsp3) is 0.269. The second kappa shape index (κ2) is 6.52. The van der Waals surface area contributed by atoms with Gasteiger partial charge in [0, 0.05) is 27.2 Å². The van der Waals surface area contributed by atoms with Crippen LogP contribution in [0.15, 0.2) is 65.1 Å². The molecule has 3 aromatic rings. The van der Waals surface area contributed by atoms with Crippen LogP contribution in [0.5, 0.6) is 0 Å². The fourth-order valence-corrected chi connectivity index (χ4v) is 7.18. The van der Waals surface area contributed by atoms with Gasteiger partial charge in [0.1, 0.15) is 5.54 Å². The first kappa shape index (κ1) is 19.4. The number of hydrogen-bond acceptors (Lipinski definition) is 4. The van der Waals surface area contributed by atoms with E-state index in [9.17, 15) is 14.4 Å². The summed E-state index contributed by atoms with van der Waals surface area (Å²) in [7, 11) is 0. The summed E-state index contributed by atoms with van der Waals surface area (Å²) in [6, 6.07) is 19.0. The maximum atomic E-state index is 14.2. The first-order valence-corrected chi connectivity index (χ1v) is 12.1. The van der Waals surface area contributed by atoms with Crippen LogP contribution in [-0.4, -0.2) is 35.2 Å². The first-order valence-electron chi connectivity index (χ1n) is 11.3. The van der Waals surface area contributed by atoms with Crippen LogP contribution >= 0.6 is 15.9 Å². The van der Waals surface area contributed by atoms with Gasteiger partial charge in [-0.3, -0.25) is 19.3 Å². The van der Waals surface area contributed by atoms with Gasteiger partial charge in [-0.15, -0.1) is 0 Å². The molecule has 1 spiro atoms. The zero-order valence-electron chi connectivity index (χ0n) is 17.6. The number of imide groups is 1. The lowest BCUT2D eigenvalue weighted by molar-refractivity contribution is -0.135. The van der Waals surface area contributed by atoms with Crippen LogP contribution in [0.25, 0.3) is 10.8 Å². The Morgan fingerprint density at radius 1 is 0.970 bits per heavy atom. The van der Waals surface area contributed by atoms with E-state index in [0.29, 0.717) is 12.2 Å². The van der Waals surface area contributed by atoms with Crippen molar-refractivity contribution in [1.29, 1.82) is 0 Å². The molecule has 0 saturated carbocycles. The number of carbonyl (C=O) groups excluding carboxylic acids is 3. The van der Waals surface area contributed by atoms with Crippen molar-refractivity contribution in [2.24, 2.45) is 11.8 Å². The van der Waals surface area contributed by atoms with Crippen LogP contribution in [-0.2, 0) is 19.9 Å². The van der Waals surface area contributed by atoms with Gasteiger partial charge in [-0.1, -0.05) is 52.3 Å². The second-order valence-corrected chi connectivity index (χ2v) is 10.2. The van der Waals surface area contributed by atoms with Crippen LogP contribution in [0.3, 0.4) is 0 Å². The van der Waals surface area contributed by atoms with Gasteiger partial charge in [0.25, 0.3) is 0 Å². The summed E-state index contributed by atoms with van der Waals surface area (Å²) < 4.78 is 0.846. The van der Waals surface area contributed by atoms with Gasteiger partial charge < -0.3 is 5.32 Å². The van der Waals surface area contributed by atoms with E-state index in [-0.39, 0.29) is 23.8 Å². The van der Waals surface area contributed by atoms with Gasteiger partial charge in [0.2, 0.25) is 17.7 Å². The summed E-state index contributed by atoms with van der Waals surface area (Å²) in [6.45, 7) is 0.700. The highest BCUT2D eigenvalue weighted by Gasteiger charge is 2.74. The molecule has 0 bridgehead atoms. The highest BCUT2D eigenvalue weighted by Crippen LogP contribution is 2.61. The third-order valence-corrected chi connectivity index (χ3v) is 8.46. The van der Waals surface area contributed by atoms with E-state index in [0.717, 1.165) is 39.3 Å². The van der Waals surface area contributed by atoms with Gasteiger partial charge in [-0.2, -0.15) is 0 Å². The van der Waals surface area contributed by atoms with Gasteiger partial charge >= 0.3 is 0 Å². The molecule has 1 N–H and O–H groups in total. The first-order chi connectivity index (χ1) is 16.0. The molecule has 4 heterocycles. The predicted molar refractivity (Wildman–Crippen MR) is 128 cm³/mol. The Bertz CT molecular complexity index is 1400. The SMILES string of the molecule is O=C1[C@H]2[C@@H](C(=O)N1c1cccc3ccccc13)[C@]1(C(=O)Nc3ccc(Br)cc31)N1CCC[C@@H]21. The lowest BCUT2D eigenvalue weighted by atomic mass is 9.75. The molecule has 3 fully saturated rings. The van der Waals surface area contributed by atoms with Crippen LogP contribution in [0.1, 0.15) is 18.4 Å². The Morgan fingerprint density at radius 3 is 2.67 bits per heavy atom. The molecule has 7 rings (SSSR count). The number of amides is 3. The Labute approximate surface area is 198 Å². The average Bonchev–Trinajstić information content (AvgIpc) is 3.52. The van der Waals surface area contributed by atoms with Gasteiger partial charge in [-0.25, -0.2) is 4.90 Å². The topological polar surface area (TPSA) is 69.7 Å². The lowest BCUT2D eigenvalue weighted by Gasteiger charge is -2.36. The monoisotopic (exact) mass is 501 g/mol. The number of nitrogens with zero attached hydrogens (tertiary/aromatic N) is 2. The van der Waals surface area contributed by atoms with E-state index < -0.39 is 17.4 Å². The van der Waals surface area contributed by atoms with Gasteiger partial charge in [0.05, 0.1) is 17.5 Å². The average molecular weight is 502 g/mol. The molecule has 4 atom stereocenters. The summed E-state index contributed by atoms with van der Waals surface area (Å²) in [5.41, 5.74) is 0.961. The highest BCUT2D eigenvalue weighted by molar-refractivity contribution is 9.10. The summed E-state index contributed by atoms with van der Waals surface area (Å²) in [5.74, 6) is -1.94. The molecule has 4 aliphatic rings. The molecule has 33 heavy (non-hydrogen) atoms. The van der Waals surface area contributed by atoms with Crippen molar-refractivity contribution in [2.45, 2.75) is 24.4 Å². The Balaban J connectivity index is 1.46. The van der Waals surface area contributed by atoms with Crippen molar-refractivity contribution in [3.8, 4) is 0 Å². The van der Waals surface area contributed by atoms with Crippen molar-refractivity contribution in [3.05, 3.63) is 70.7 Å². The molecular weight excluding hydrogens is 482 g/mol. The Morgan fingerprint density at radius 2 is 1.79 bits per heavy atom. The van der Waals surface area contributed by atoms with Crippen molar-refractivity contribution in [1.82, 2.24) is 4.90 Å². The normalized spacial score (nSPS) is 30.3. The minimum Gasteiger partial charge on any atom is -0.324 e. The molecule has 4 aliphatic heterocycles. The third-order valence-electron chi connectivity index (χ3n) is 7.96. The largest absolute Gasteiger partial charge is 0.324 e. The standard InChI is InChI=1S/C26H20BrN3O3/c27-15-10-11-18-17(13-15)26(25(33)28-18)22-21(20-9-4-12-29(20)26)23(31)30(24(22)32)19-8-3-6-14-5-1-2-7-16(14)19/h1-3,5-8,10-11,13,20-22H,4,9,12H2,(H,28,33)/t20-,21+,22-,26+/m0/s1. The number of hydrogen-bond donors (Lipinski definition) is 1. The third kappa shape index (κ3) is 2.24. The minimum atomic E-state index is -1.16. The maximum absolute atomic E-state index is 14.2. The smallest absolute Gasteiger partial charge is 0.250 e. The lowest BCUT2D eigenvalue weighted by Crippen LogP contribution is -2.54. The fourth-order valence-electron chi connectivity index (χ4n) is 6.82. The van der Waals surface area contributed by atoms with Crippen LogP contribution in [0.2, 0.25) is 0 Å². The second-order valence-electron chi connectivity index (χ2n) is 9.33. The number of benzene rings is 3. The molecule has 164 valence electrons. The molecule has 0 aromatic heterocycles. The molecule has 0 aliphatic carbocycles. The molecule has 6 nitrogen and oxygen atoms in total. The number of anilines is 2. The number of carbonyl (C=O) groups is 3. The van der Waals surface area contributed by atoms with Crippen molar-refractivity contribution >= 4 is 55.8 Å². The summed E-state index contributed by atoms with van der Waals surface area (Å²) in [4.78, 5) is 45.3. The zero-order valence-corrected chi connectivity index (χ0v) is 19.2. The molecular formula is C26H20BrN3O3.